The lowest BCUT2D eigenvalue weighted by atomic mass is 10.0. The van der Waals surface area contributed by atoms with Gasteiger partial charge >= 0.3 is 0 Å². The summed E-state index contributed by atoms with van der Waals surface area (Å²) in [5, 5.41) is 4.68. The molecule has 2 amide bonds. The van der Waals surface area contributed by atoms with Crippen molar-refractivity contribution in [1.29, 1.82) is 0 Å². The first kappa shape index (κ1) is 17.9. The average Bonchev–Trinajstić information content (AvgIpc) is 3.08. The van der Waals surface area contributed by atoms with E-state index in [1.807, 2.05) is 23.4 Å². The fourth-order valence-electron chi connectivity index (χ4n) is 2.95. The van der Waals surface area contributed by atoms with Crippen molar-refractivity contribution in [3.63, 3.8) is 0 Å². The van der Waals surface area contributed by atoms with Crippen molar-refractivity contribution >= 4 is 23.2 Å². The van der Waals surface area contributed by atoms with Crippen LogP contribution in [0.4, 0.5) is 0 Å². The van der Waals surface area contributed by atoms with Crippen LogP contribution in [0, 0.1) is 0 Å². The Morgan fingerprint density at radius 3 is 2.65 bits per heavy atom. The number of carbonyl (C=O) groups excluding carboxylic acids is 2. The van der Waals surface area contributed by atoms with Crippen molar-refractivity contribution in [3.8, 4) is 0 Å². The zero-order valence-corrected chi connectivity index (χ0v) is 15.1. The average molecular weight is 337 g/mol. The monoisotopic (exact) mass is 337 g/mol. The van der Waals surface area contributed by atoms with Gasteiger partial charge in [0.25, 0.3) is 5.91 Å². The van der Waals surface area contributed by atoms with Crippen LogP contribution in [0.2, 0.25) is 0 Å². The normalized spacial score (nSPS) is 16.5. The van der Waals surface area contributed by atoms with Gasteiger partial charge in [0.2, 0.25) is 5.91 Å². The van der Waals surface area contributed by atoms with Gasteiger partial charge in [-0.05, 0) is 38.1 Å². The predicted molar refractivity (Wildman–Crippen MR) is 93.8 cm³/mol. The molecule has 0 radical (unpaired) electrons. The molecule has 0 aliphatic carbocycles. The van der Waals surface area contributed by atoms with E-state index in [0.29, 0.717) is 29.9 Å². The Morgan fingerprint density at radius 1 is 1.39 bits per heavy atom. The molecule has 1 aliphatic rings. The molecule has 0 atom stereocenters. The lowest BCUT2D eigenvalue weighted by molar-refractivity contribution is -0.132. The highest BCUT2D eigenvalue weighted by Crippen LogP contribution is 2.17. The summed E-state index contributed by atoms with van der Waals surface area (Å²) in [6.45, 7) is 6.92. The number of thiophene rings is 1. The van der Waals surface area contributed by atoms with Gasteiger partial charge in [-0.25, -0.2) is 0 Å². The molecule has 0 bridgehead atoms. The molecule has 1 N–H and O–H groups in total. The highest BCUT2D eigenvalue weighted by atomic mass is 32.1. The van der Waals surface area contributed by atoms with E-state index in [1.54, 1.807) is 6.07 Å². The minimum Gasteiger partial charge on any atom is -0.351 e. The fourth-order valence-corrected chi connectivity index (χ4v) is 3.59. The third-order valence-corrected chi connectivity index (χ3v) is 5.41. The maximum Gasteiger partial charge on any atom is 0.261 e. The Morgan fingerprint density at radius 2 is 2.09 bits per heavy atom. The van der Waals surface area contributed by atoms with Gasteiger partial charge in [0, 0.05) is 45.2 Å². The van der Waals surface area contributed by atoms with Crippen molar-refractivity contribution in [2.24, 2.45) is 0 Å². The van der Waals surface area contributed by atoms with Crippen LogP contribution in [-0.2, 0) is 4.79 Å². The predicted octanol–water partition coefficient (Wildman–Crippen LogP) is 2.20. The van der Waals surface area contributed by atoms with Gasteiger partial charge in [-0.2, -0.15) is 0 Å². The molecular weight excluding hydrogens is 310 g/mol. The molecule has 1 fully saturated rings. The number of hydrogen-bond donors (Lipinski definition) is 1. The van der Waals surface area contributed by atoms with Crippen LogP contribution < -0.4 is 5.32 Å². The molecule has 6 heteroatoms. The largest absolute Gasteiger partial charge is 0.351 e. The second-order valence-electron chi connectivity index (χ2n) is 6.35. The molecule has 1 aromatic rings. The molecule has 2 heterocycles. The minimum absolute atomic E-state index is 0.0966. The van der Waals surface area contributed by atoms with E-state index in [2.05, 4.69) is 24.1 Å². The van der Waals surface area contributed by atoms with Crippen LogP contribution in [0.15, 0.2) is 17.5 Å². The second-order valence-corrected chi connectivity index (χ2v) is 7.30. The van der Waals surface area contributed by atoms with Gasteiger partial charge in [0.1, 0.15) is 0 Å². The number of likely N-dealkylation sites (tertiary alicyclic amines) is 1. The maximum absolute atomic E-state index is 12.3. The lowest BCUT2D eigenvalue weighted by Gasteiger charge is -2.38. The molecule has 0 saturated carbocycles. The Balaban J connectivity index is 1.70. The van der Waals surface area contributed by atoms with Crippen molar-refractivity contribution < 1.29 is 9.59 Å². The van der Waals surface area contributed by atoms with Gasteiger partial charge in [-0.15, -0.1) is 11.3 Å². The van der Waals surface area contributed by atoms with Crippen molar-refractivity contribution in [1.82, 2.24) is 15.1 Å². The van der Waals surface area contributed by atoms with Crippen molar-refractivity contribution in [3.05, 3.63) is 22.4 Å². The van der Waals surface area contributed by atoms with Crippen LogP contribution >= 0.6 is 11.3 Å². The number of hydrogen-bond acceptors (Lipinski definition) is 4. The lowest BCUT2D eigenvalue weighted by Crippen LogP contribution is -2.47. The van der Waals surface area contributed by atoms with E-state index in [9.17, 15) is 9.59 Å². The van der Waals surface area contributed by atoms with Crippen LogP contribution in [0.1, 0.15) is 42.8 Å². The third-order valence-electron chi connectivity index (χ3n) is 4.54. The smallest absolute Gasteiger partial charge is 0.261 e. The number of piperidine rings is 1. The number of rotatable bonds is 6. The zero-order chi connectivity index (χ0) is 16.8. The Kier molecular flexibility index (Phi) is 6.59. The van der Waals surface area contributed by atoms with E-state index < -0.39 is 0 Å². The minimum atomic E-state index is -0.0966. The fraction of sp³-hybridized carbons (Fsp3) is 0.647. The molecule has 0 unspecified atom stereocenters. The van der Waals surface area contributed by atoms with Crippen LogP contribution in [0.25, 0.3) is 0 Å². The number of amides is 2. The summed E-state index contributed by atoms with van der Waals surface area (Å²) in [6.07, 6.45) is 2.42. The molecule has 5 nitrogen and oxygen atoms in total. The van der Waals surface area contributed by atoms with Crippen LogP contribution in [0.3, 0.4) is 0 Å². The summed E-state index contributed by atoms with van der Waals surface area (Å²) >= 11 is 1.41. The summed E-state index contributed by atoms with van der Waals surface area (Å²) in [4.78, 5) is 29.1. The summed E-state index contributed by atoms with van der Waals surface area (Å²) in [6, 6.07) is 4.54. The molecule has 0 spiro atoms. The second kappa shape index (κ2) is 8.45. The van der Waals surface area contributed by atoms with Gasteiger partial charge in [0.05, 0.1) is 4.88 Å². The molecule has 1 saturated heterocycles. The molecule has 2 rings (SSSR count). The molecule has 0 aromatic carbocycles. The summed E-state index contributed by atoms with van der Waals surface area (Å²) < 4.78 is 0. The van der Waals surface area contributed by atoms with Gasteiger partial charge in [-0.1, -0.05) is 6.07 Å². The summed E-state index contributed by atoms with van der Waals surface area (Å²) in [5.41, 5.74) is 0. The highest BCUT2D eigenvalue weighted by Gasteiger charge is 2.26. The van der Waals surface area contributed by atoms with E-state index in [0.717, 1.165) is 25.9 Å². The van der Waals surface area contributed by atoms with E-state index >= 15 is 0 Å². The SMILES string of the molecule is CC(C)N1CCC(N(C)C(=O)CCNC(=O)c2cccs2)CC1. The quantitative estimate of drug-likeness (QED) is 0.866. The summed E-state index contributed by atoms with van der Waals surface area (Å²) in [7, 11) is 1.89. The molecule has 1 aromatic heterocycles. The molecule has 1 aliphatic heterocycles. The first-order valence-corrected chi connectivity index (χ1v) is 9.18. The van der Waals surface area contributed by atoms with Crippen molar-refractivity contribution in [2.75, 3.05) is 26.7 Å². The standard InChI is InChI=1S/C17H27N3O2S/c1-13(2)20-10-7-14(8-11-20)19(3)16(21)6-9-18-17(22)15-5-4-12-23-15/h4-5,12-14H,6-11H2,1-3H3,(H,18,22). The first-order valence-electron chi connectivity index (χ1n) is 8.30. The molecular formula is C17H27N3O2S. The molecule has 128 valence electrons. The number of nitrogens with zero attached hydrogens (tertiary/aromatic N) is 2. The van der Waals surface area contributed by atoms with Crippen LogP contribution in [0.5, 0.6) is 0 Å². The Labute approximate surface area is 142 Å². The number of carbonyl (C=O) groups is 2. The Bertz CT molecular complexity index is 508. The highest BCUT2D eigenvalue weighted by molar-refractivity contribution is 7.12. The van der Waals surface area contributed by atoms with E-state index in [4.69, 9.17) is 0 Å². The molecule has 23 heavy (non-hydrogen) atoms. The topological polar surface area (TPSA) is 52.6 Å². The van der Waals surface area contributed by atoms with Crippen LogP contribution in [-0.4, -0.2) is 60.4 Å². The maximum atomic E-state index is 12.3. The summed E-state index contributed by atoms with van der Waals surface area (Å²) in [5.74, 6) is 0.0140. The first-order chi connectivity index (χ1) is 11.0. The van der Waals surface area contributed by atoms with Gasteiger partial charge in [-0.3, -0.25) is 9.59 Å². The zero-order valence-electron chi connectivity index (χ0n) is 14.2. The van der Waals surface area contributed by atoms with E-state index in [-0.39, 0.29) is 11.8 Å². The number of nitrogens with one attached hydrogen (secondary N) is 1. The third kappa shape index (κ3) is 5.04. The van der Waals surface area contributed by atoms with E-state index in [1.165, 1.54) is 11.3 Å². The van der Waals surface area contributed by atoms with Crippen molar-refractivity contribution in [2.45, 2.75) is 45.2 Å². The van der Waals surface area contributed by atoms with Gasteiger partial charge < -0.3 is 15.1 Å². The Hall–Kier alpha value is -1.40. The van der Waals surface area contributed by atoms with Gasteiger partial charge in [0.15, 0.2) is 0 Å².